The molecule has 1 aliphatic heterocycles. The summed E-state index contributed by atoms with van der Waals surface area (Å²) < 4.78 is 30.0. The molecule has 2 fully saturated rings. The van der Waals surface area contributed by atoms with Crippen molar-refractivity contribution in [3.05, 3.63) is 29.8 Å². The molecule has 3 rings (SSSR count). The molecule has 3 N–H and O–H groups in total. The first kappa shape index (κ1) is 19.9. The second-order valence-corrected chi connectivity index (χ2v) is 7.34. The Bertz CT molecular complexity index is 688. The van der Waals surface area contributed by atoms with Crippen LogP contribution in [0.2, 0.25) is 0 Å². The van der Waals surface area contributed by atoms with Crippen molar-refractivity contribution in [3.63, 3.8) is 0 Å². The molecule has 1 heterocycles. The van der Waals surface area contributed by atoms with Crippen LogP contribution in [0.4, 0.5) is 19.3 Å². The molecule has 27 heavy (non-hydrogen) atoms. The number of rotatable bonds is 5. The lowest BCUT2D eigenvalue weighted by Gasteiger charge is -2.30. The van der Waals surface area contributed by atoms with Gasteiger partial charge in [-0.25, -0.2) is 13.6 Å². The predicted molar refractivity (Wildman–Crippen MR) is 99.3 cm³/mol. The highest BCUT2D eigenvalue weighted by molar-refractivity contribution is 7.80. The van der Waals surface area contributed by atoms with Crippen molar-refractivity contribution in [1.82, 2.24) is 5.32 Å². The van der Waals surface area contributed by atoms with Crippen LogP contribution < -0.4 is 10.2 Å². The summed E-state index contributed by atoms with van der Waals surface area (Å²) >= 11 is 4.51. The van der Waals surface area contributed by atoms with Crippen molar-refractivity contribution in [3.8, 4) is 0 Å². The molecule has 1 saturated heterocycles. The summed E-state index contributed by atoms with van der Waals surface area (Å²) in [5.74, 6) is 0.162. The summed E-state index contributed by atoms with van der Waals surface area (Å²) in [6.07, 6.45) is -3.36. The summed E-state index contributed by atoms with van der Waals surface area (Å²) in [6, 6.07) is 7.39. The zero-order valence-electron chi connectivity index (χ0n) is 14.6. The zero-order valence-corrected chi connectivity index (χ0v) is 15.4. The van der Waals surface area contributed by atoms with Crippen LogP contribution in [0.3, 0.4) is 0 Å². The number of thiocarbonyl (C=S) groups is 1. The van der Waals surface area contributed by atoms with Crippen molar-refractivity contribution in [2.24, 2.45) is 0 Å². The molecule has 1 saturated carbocycles. The van der Waals surface area contributed by atoms with E-state index in [0.29, 0.717) is 18.5 Å². The molecular weight excluding hydrogens is 378 g/mol. The van der Waals surface area contributed by atoms with Crippen LogP contribution in [0, 0.1) is 0 Å². The number of halogens is 2. The number of nitrogens with zero attached hydrogens (tertiary/aromatic N) is 1. The van der Waals surface area contributed by atoms with Crippen molar-refractivity contribution in [1.29, 1.82) is 0 Å². The number of carbonyl (C=O) groups excluding carboxylic acids is 1. The Hall–Kier alpha value is -1.84. The maximum Gasteiger partial charge on any atom is 0.414 e. The van der Waals surface area contributed by atoms with E-state index in [1.807, 2.05) is 12.1 Å². The zero-order chi connectivity index (χ0) is 19.6. The quantitative estimate of drug-likeness (QED) is 0.658. The first-order valence-corrected chi connectivity index (χ1v) is 9.26. The molecule has 2 aliphatic rings. The van der Waals surface area contributed by atoms with Crippen molar-refractivity contribution >= 4 is 29.0 Å². The van der Waals surface area contributed by atoms with E-state index >= 15 is 0 Å². The molecule has 2 unspecified atom stereocenters. The molecule has 0 aromatic heterocycles. The van der Waals surface area contributed by atoms with E-state index in [4.69, 9.17) is 4.74 Å². The normalized spacial score (nSPS) is 28.3. The summed E-state index contributed by atoms with van der Waals surface area (Å²) in [5, 5.41) is 21.9. The minimum absolute atomic E-state index is 0.0335. The number of carbonyl (C=O) groups is 1. The van der Waals surface area contributed by atoms with E-state index in [2.05, 4.69) is 17.5 Å². The van der Waals surface area contributed by atoms with Gasteiger partial charge >= 0.3 is 6.09 Å². The SMILES string of the molecule is O=C1O[C@@H](CNC(=S)C(F)F)CN1c1ccc(C2CCC(O)[C@@H](O)C2)cc1. The van der Waals surface area contributed by atoms with Crippen LogP contribution in [-0.2, 0) is 4.74 Å². The molecule has 0 bridgehead atoms. The second-order valence-electron chi connectivity index (χ2n) is 6.90. The fraction of sp³-hybridized carbons (Fsp3) is 0.556. The molecule has 1 aliphatic carbocycles. The summed E-state index contributed by atoms with van der Waals surface area (Å²) in [7, 11) is 0. The van der Waals surface area contributed by atoms with E-state index in [1.54, 1.807) is 12.1 Å². The third kappa shape index (κ3) is 4.72. The average Bonchev–Trinajstić information content (AvgIpc) is 3.02. The number of ether oxygens (including phenoxy) is 1. The van der Waals surface area contributed by atoms with Crippen LogP contribution in [0.15, 0.2) is 24.3 Å². The molecule has 0 spiro atoms. The highest BCUT2D eigenvalue weighted by Gasteiger charge is 2.33. The predicted octanol–water partition coefficient (Wildman–Crippen LogP) is 2.18. The van der Waals surface area contributed by atoms with E-state index in [9.17, 15) is 23.8 Å². The molecule has 0 radical (unpaired) electrons. The van der Waals surface area contributed by atoms with Gasteiger partial charge in [0.15, 0.2) is 0 Å². The van der Waals surface area contributed by atoms with Crippen LogP contribution in [-0.4, -0.2) is 59.1 Å². The van der Waals surface area contributed by atoms with Gasteiger partial charge in [0.2, 0.25) is 0 Å². The Morgan fingerprint density at radius 2 is 1.96 bits per heavy atom. The number of hydrogen-bond donors (Lipinski definition) is 3. The summed E-state index contributed by atoms with van der Waals surface area (Å²) in [6.45, 7) is 0.275. The minimum Gasteiger partial charge on any atom is -0.442 e. The minimum atomic E-state index is -2.74. The van der Waals surface area contributed by atoms with Gasteiger partial charge in [-0.05, 0) is 42.9 Å². The van der Waals surface area contributed by atoms with Gasteiger partial charge in [-0.3, -0.25) is 4.90 Å². The Kier molecular flexibility index (Phi) is 6.23. The van der Waals surface area contributed by atoms with Crippen molar-refractivity contribution in [2.45, 2.75) is 49.9 Å². The average molecular weight is 400 g/mol. The largest absolute Gasteiger partial charge is 0.442 e. The highest BCUT2D eigenvalue weighted by Crippen LogP contribution is 2.34. The highest BCUT2D eigenvalue weighted by atomic mass is 32.1. The molecule has 4 atom stereocenters. The van der Waals surface area contributed by atoms with E-state index in [-0.39, 0.29) is 19.0 Å². The number of aliphatic hydroxyl groups excluding tert-OH is 2. The molecular formula is C18H22F2N2O4S. The van der Waals surface area contributed by atoms with Gasteiger partial charge in [-0.15, -0.1) is 0 Å². The number of alkyl halides is 2. The number of hydrogen-bond acceptors (Lipinski definition) is 5. The van der Waals surface area contributed by atoms with E-state index in [1.165, 1.54) is 4.90 Å². The number of nitrogens with one attached hydrogen (secondary N) is 1. The van der Waals surface area contributed by atoms with Gasteiger partial charge in [-0.1, -0.05) is 24.4 Å². The summed E-state index contributed by atoms with van der Waals surface area (Å²) in [4.78, 5) is 12.9. The Balaban J connectivity index is 1.58. The number of amides is 1. The number of cyclic esters (lactones) is 1. The lowest BCUT2D eigenvalue weighted by Crippen LogP contribution is -2.36. The Morgan fingerprint density at radius 3 is 2.59 bits per heavy atom. The van der Waals surface area contributed by atoms with Gasteiger partial charge in [0.25, 0.3) is 6.43 Å². The molecule has 1 aromatic carbocycles. The second kappa shape index (κ2) is 8.45. The fourth-order valence-electron chi connectivity index (χ4n) is 3.49. The monoisotopic (exact) mass is 400 g/mol. The van der Waals surface area contributed by atoms with E-state index < -0.39 is 35.8 Å². The van der Waals surface area contributed by atoms with Gasteiger partial charge in [-0.2, -0.15) is 0 Å². The molecule has 9 heteroatoms. The van der Waals surface area contributed by atoms with Gasteiger partial charge in [0.05, 0.1) is 25.3 Å². The van der Waals surface area contributed by atoms with Gasteiger partial charge in [0.1, 0.15) is 11.1 Å². The van der Waals surface area contributed by atoms with Crippen LogP contribution >= 0.6 is 12.2 Å². The lowest BCUT2D eigenvalue weighted by atomic mass is 9.81. The summed E-state index contributed by atoms with van der Waals surface area (Å²) in [5.41, 5.74) is 1.69. The van der Waals surface area contributed by atoms with Gasteiger partial charge < -0.3 is 20.3 Å². The smallest absolute Gasteiger partial charge is 0.414 e. The van der Waals surface area contributed by atoms with Crippen LogP contribution in [0.25, 0.3) is 0 Å². The molecule has 1 amide bonds. The van der Waals surface area contributed by atoms with Crippen LogP contribution in [0.1, 0.15) is 30.7 Å². The van der Waals surface area contributed by atoms with Crippen LogP contribution in [0.5, 0.6) is 0 Å². The fourth-order valence-corrected chi connectivity index (χ4v) is 3.57. The van der Waals surface area contributed by atoms with E-state index in [0.717, 1.165) is 12.0 Å². The standard InChI is InChI=1S/C18H22F2N2O4S/c19-16(20)17(27)21-8-13-9-22(18(25)26-13)12-4-1-10(2-5-12)11-3-6-14(23)15(24)7-11/h1-2,4-5,11,13-16,23-24H,3,6-9H2,(H,21,27)/t11?,13-,14?,15-/m0/s1. The molecule has 1 aromatic rings. The maximum atomic E-state index is 12.4. The first-order valence-electron chi connectivity index (χ1n) is 8.85. The van der Waals surface area contributed by atoms with Crippen molar-refractivity contribution in [2.75, 3.05) is 18.0 Å². The number of anilines is 1. The third-order valence-electron chi connectivity index (χ3n) is 5.03. The molecule has 148 valence electrons. The Morgan fingerprint density at radius 1 is 1.26 bits per heavy atom. The third-order valence-corrected chi connectivity index (χ3v) is 5.36. The maximum absolute atomic E-state index is 12.4. The Labute approximate surface area is 161 Å². The van der Waals surface area contributed by atoms with Crippen molar-refractivity contribution < 1.29 is 28.5 Å². The topological polar surface area (TPSA) is 82.0 Å². The molecule has 6 nitrogen and oxygen atoms in total. The number of benzene rings is 1. The number of aliphatic hydroxyl groups is 2. The first-order chi connectivity index (χ1) is 12.8. The van der Waals surface area contributed by atoms with Gasteiger partial charge in [0, 0.05) is 5.69 Å². The lowest BCUT2D eigenvalue weighted by molar-refractivity contribution is -0.0149.